The van der Waals surface area contributed by atoms with Gasteiger partial charge in [0.15, 0.2) is 5.82 Å². The number of likely N-dealkylation sites (tertiary alicyclic amines) is 1. The van der Waals surface area contributed by atoms with Gasteiger partial charge in [0.25, 0.3) is 0 Å². The van der Waals surface area contributed by atoms with Gasteiger partial charge >= 0.3 is 12.1 Å². The van der Waals surface area contributed by atoms with Gasteiger partial charge in [-0.1, -0.05) is 0 Å². The van der Waals surface area contributed by atoms with E-state index in [1.807, 2.05) is 48.3 Å². The number of aromatic carboxylic acids is 1. The van der Waals surface area contributed by atoms with E-state index < -0.39 is 23.2 Å². The van der Waals surface area contributed by atoms with Crippen molar-refractivity contribution in [1.29, 1.82) is 0 Å². The van der Waals surface area contributed by atoms with Gasteiger partial charge in [0.2, 0.25) is 5.82 Å². The first-order valence-corrected chi connectivity index (χ1v) is 11.2. The van der Waals surface area contributed by atoms with E-state index in [1.54, 1.807) is 11.0 Å². The van der Waals surface area contributed by atoms with Gasteiger partial charge in [-0.15, -0.1) is 0 Å². The van der Waals surface area contributed by atoms with Crippen LogP contribution >= 0.6 is 38.5 Å². The van der Waals surface area contributed by atoms with Crippen molar-refractivity contribution in [3.8, 4) is 0 Å². The number of hydrogen-bond donors (Lipinski definition) is 1. The van der Waals surface area contributed by atoms with Crippen LogP contribution in [0, 0.1) is 9.39 Å². The number of hydrogen-bond acceptors (Lipinski definition) is 6. The summed E-state index contributed by atoms with van der Waals surface area (Å²) in [5, 5.41) is 9.88. The van der Waals surface area contributed by atoms with E-state index in [-0.39, 0.29) is 28.2 Å². The van der Waals surface area contributed by atoms with Crippen molar-refractivity contribution in [2.75, 3.05) is 18.0 Å². The quantitative estimate of drug-likeness (QED) is 0.415. The molecule has 0 aliphatic carbocycles. The molecule has 1 aromatic heterocycles. The Balaban J connectivity index is 1.72. The van der Waals surface area contributed by atoms with Crippen molar-refractivity contribution in [2.45, 2.75) is 44.9 Å². The molecule has 160 valence electrons. The largest absolute Gasteiger partial charge is 0.475 e. The van der Waals surface area contributed by atoms with Crippen molar-refractivity contribution < 1.29 is 23.8 Å². The lowest BCUT2D eigenvalue weighted by molar-refractivity contribution is 0.0214. The van der Waals surface area contributed by atoms with Gasteiger partial charge in [-0.05, 0) is 71.8 Å². The number of carboxylic acid groups (broad SMARTS) is 1. The molecular formula is C19H19BrFIN4O4. The number of carbonyl (C=O) groups is 2. The summed E-state index contributed by atoms with van der Waals surface area (Å²) >= 11 is 5.19. The average Bonchev–Trinajstić information content (AvgIpc) is 3.25. The van der Waals surface area contributed by atoms with E-state index in [4.69, 9.17) is 4.74 Å². The Morgan fingerprint density at radius 3 is 2.57 bits per heavy atom. The van der Waals surface area contributed by atoms with Crippen molar-refractivity contribution >= 4 is 67.3 Å². The van der Waals surface area contributed by atoms with Crippen molar-refractivity contribution in [1.82, 2.24) is 14.9 Å². The standard InChI is InChI=1S/C19H19BrFIN4O4/c1-19(2,3)30-18(29)26-7-8-4-9(26)6-25(8)16-10-5-11(22)12(20)13(21)14(10)23-15(24-16)17(27)28/h5,8-9H,4,6-7H2,1-3H3,(H,27,28)/t8-,9-/m0/s1. The van der Waals surface area contributed by atoms with Gasteiger partial charge in [-0.3, -0.25) is 0 Å². The van der Waals surface area contributed by atoms with Crippen molar-refractivity contribution in [3.63, 3.8) is 0 Å². The predicted molar refractivity (Wildman–Crippen MR) is 119 cm³/mol. The number of amides is 1. The van der Waals surface area contributed by atoms with Crippen molar-refractivity contribution in [2.24, 2.45) is 0 Å². The van der Waals surface area contributed by atoms with Crippen LogP contribution in [0.25, 0.3) is 10.9 Å². The summed E-state index contributed by atoms with van der Waals surface area (Å²) in [6, 6.07) is 1.59. The maximum atomic E-state index is 14.9. The predicted octanol–water partition coefficient (Wildman–Crippen LogP) is 4.03. The van der Waals surface area contributed by atoms with Gasteiger partial charge in [-0.25, -0.2) is 23.9 Å². The van der Waals surface area contributed by atoms with Crippen LogP contribution < -0.4 is 4.90 Å². The molecule has 2 atom stereocenters. The molecule has 3 heterocycles. The van der Waals surface area contributed by atoms with Gasteiger partial charge in [0.05, 0.1) is 16.6 Å². The molecule has 0 spiro atoms. The average molecular weight is 593 g/mol. The zero-order chi connectivity index (χ0) is 22.0. The zero-order valence-corrected chi connectivity index (χ0v) is 20.2. The highest BCUT2D eigenvalue weighted by atomic mass is 127. The molecule has 2 saturated heterocycles. The highest BCUT2D eigenvalue weighted by molar-refractivity contribution is 14.1. The first kappa shape index (κ1) is 21.5. The fraction of sp³-hybridized carbons (Fsp3) is 0.474. The minimum atomic E-state index is -1.33. The van der Waals surface area contributed by atoms with Crippen LogP contribution in [0.15, 0.2) is 10.5 Å². The van der Waals surface area contributed by atoms with Crippen LogP contribution in [-0.4, -0.2) is 62.8 Å². The topological polar surface area (TPSA) is 95.9 Å². The van der Waals surface area contributed by atoms with E-state index in [2.05, 4.69) is 25.9 Å². The number of nitrogens with zero attached hydrogens (tertiary/aromatic N) is 4. The highest BCUT2D eigenvalue weighted by Crippen LogP contribution is 2.39. The van der Waals surface area contributed by atoms with Crippen LogP contribution in [0.4, 0.5) is 15.0 Å². The number of carbonyl (C=O) groups excluding carboxylic acids is 1. The van der Waals surface area contributed by atoms with Gasteiger partial charge in [-0.2, -0.15) is 0 Å². The Bertz CT molecular complexity index is 1080. The number of piperazine rings is 1. The summed E-state index contributed by atoms with van der Waals surface area (Å²) in [6.45, 7) is 6.35. The molecule has 0 radical (unpaired) electrons. The first-order chi connectivity index (χ1) is 14.0. The number of anilines is 1. The number of fused-ring (bicyclic) bond motifs is 3. The number of benzene rings is 1. The summed E-state index contributed by atoms with van der Waals surface area (Å²) in [7, 11) is 0. The Labute approximate surface area is 194 Å². The molecule has 4 rings (SSSR count). The van der Waals surface area contributed by atoms with Crippen LogP contribution in [0.1, 0.15) is 37.8 Å². The summed E-state index contributed by atoms with van der Waals surface area (Å²) in [5.74, 6) is -2.04. The third kappa shape index (κ3) is 3.70. The molecule has 2 aliphatic heterocycles. The Morgan fingerprint density at radius 2 is 2.00 bits per heavy atom. The smallest absolute Gasteiger partial charge is 0.410 e. The van der Waals surface area contributed by atoms with Crippen LogP contribution in [-0.2, 0) is 4.74 Å². The number of aromatic nitrogens is 2. The van der Waals surface area contributed by atoms with Crippen LogP contribution in [0.2, 0.25) is 0 Å². The fourth-order valence-electron chi connectivity index (χ4n) is 3.94. The van der Waals surface area contributed by atoms with E-state index in [9.17, 15) is 19.1 Å². The third-order valence-corrected chi connectivity index (χ3v) is 7.51. The Hall–Kier alpha value is -1.76. The minimum Gasteiger partial charge on any atom is -0.475 e. The molecule has 30 heavy (non-hydrogen) atoms. The lowest BCUT2D eigenvalue weighted by atomic mass is 10.2. The SMILES string of the molecule is CC(C)(C)OC(=O)N1C[C@@H]2C[C@H]1CN2c1nc(C(=O)O)nc2c(F)c(Br)c(I)cc12. The lowest BCUT2D eigenvalue weighted by Gasteiger charge is -2.36. The second-order valence-electron chi connectivity index (χ2n) is 8.39. The second-order valence-corrected chi connectivity index (χ2v) is 10.3. The van der Waals surface area contributed by atoms with E-state index >= 15 is 0 Å². The maximum absolute atomic E-state index is 14.9. The monoisotopic (exact) mass is 592 g/mol. The molecule has 2 fully saturated rings. The van der Waals surface area contributed by atoms with E-state index in [1.165, 1.54) is 0 Å². The molecule has 1 aromatic carbocycles. The molecule has 1 N–H and O–H groups in total. The lowest BCUT2D eigenvalue weighted by Crippen LogP contribution is -2.50. The van der Waals surface area contributed by atoms with Crippen molar-refractivity contribution in [3.05, 3.63) is 25.8 Å². The minimum absolute atomic E-state index is 0.0449. The molecule has 0 unspecified atom stereocenters. The second kappa shape index (κ2) is 7.43. The number of carboxylic acids is 1. The fourth-order valence-corrected chi connectivity index (χ4v) is 4.79. The van der Waals surface area contributed by atoms with E-state index in [0.29, 0.717) is 34.3 Å². The number of halogens is 3. The molecule has 11 heteroatoms. The van der Waals surface area contributed by atoms with Crippen LogP contribution in [0.3, 0.4) is 0 Å². The summed E-state index contributed by atoms with van der Waals surface area (Å²) < 4.78 is 21.2. The number of ether oxygens (including phenoxy) is 1. The first-order valence-electron chi connectivity index (χ1n) is 9.31. The van der Waals surface area contributed by atoms with Gasteiger partial charge < -0.3 is 19.6 Å². The highest BCUT2D eigenvalue weighted by Gasteiger charge is 2.47. The van der Waals surface area contributed by atoms with Gasteiger partial charge in [0.1, 0.15) is 16.9 Å². The van der Waals surface area contributed by atoms with E-state index in [0.717, 1.165) is 0 Å². The molecule has 1 amide bonds. The summed E-state index contributed by atoms with van der Waals surface area (Å²) in [4.78, 5) is 35.9. The normalized spacial score (nSPS) is 20.9. The van der Waals surface area contributed by atoms with Gasteiger partial charge in [0, 0.05) is 22.0 Å². The zero-order valence-electron chi connectivity index (χ0n) is 16.4. The Kier molecular flexibility index (Phi) is 5.32. The Morgan fingerprint density at radius 1 is 1.30 bits per heavy atom. The molecular weight excluding hydrogens is 574 g/mol. The molecule has 2 aromatic rings. The van der Waals surface area contributed by atoms with Crippen LogP contribution in [0.5, 0.6) is 0 Å². The summed E-state index contributed by atoms with van der Waals surface area (Å²) in [5.41, 5.74) is -0.629. The number of rotatable bonds is 2. The summed E-state index contributed by atoms with van der Waals surface area (Å²) in [6.07, 6.45) is 0.349. The molecule has 2 aliphatic rings. The molecule has 2 bridgehead atoms. The molecule has 0 saturated carbocycles. The maximum Gasteiger partial charge on any atom is 0.410 e. The third-order valence-electron chi connectivity index (χ3n) is 5.14. The molecule has 8 nitrogen and oxygen atoms in total.